The average molecular weight is 406 g/mol. The molecular weight excluding hydrogens is 390 g/mol. The minimum absolute atomic E-state index is 0.0201. The fourth-order valence-corrected chi connectivity index (χ4v) is 3.09. The molecule has 0 aliphatic rings. The van der Waals surface area contributed by atoms with Gasteiger partial charge in [0.1, 0.15) is 17.0 Å². The number of halogens is 2. The average Bonchev–Trinajstić information content (AvgIpc) is 3.14. The first-order chi connectivity index (χ1) is 14.3. The Balaban J connectivity index is 1.62. The SMILES string of the molecule is CC(=O)c1ccc(-c2cc3cc(NC(=O)c4c(F)ccc(N)c4F)cnc3[nH]2)cc1. The number of amides is 1. The minimum Gasteiger partial charge on any atom is -0.396 e. The fraction of sp³-hybridized carbons (Fsp3) is 0.0455. The number of pyridine rings is 1. The van der Waals surface area contributed by atoms with E-state index >= 15 is 0 Å². The Morgan fingerprint density at radius 1 is 1.07 bits per heavy atom. The van der Waals surface area contributed by atoms with Crippen molar-refractivity contribution >= 4 is 34.1 Å². The normalized spacial score (nSPS) is 10.9. The van der Waals surface area contributed by atoms with E-state index in [2.05, 4.69) is 15.3 Å². The molecule has 0 bridgehead atoms. The van der Waals surface area contributed by atoms with Gasteiger partial charge in [0.15, 0.2) is 11.6 Å². The summed E-state index contributed by atoms with van der Waals surface area (Å²) in [5.74, 6) is -3.10. The second kappa shape index (κ2) is 7.40. The number of benzene rings is 2. The highest BCUT2D eigenvalue weighted by Crippen LogP contribution is 2.26. The predicted octanol–water partition coefficient (Wildman–Crippen LogP) is 4.55. The molecule has 2 aromatic carbocycles. The van der Waals surface area contributed by atoms with Crippen LogP contribution in [0.5, 0.6) is 0 Å². The highest BCUT2D eigenvalue weighted by molar-refractivity contribution is 6.06. The molecule has 8 heteroatoms. The summed E-state index contributed by atoms with van der Waals surface area (Å²) >= 11 is 0. The third-order valence-corrected chi connectivity index (χ3v) is 4.68. The summed E-state index contributed by atoms with van der Waals surface area (Å²) in [6.07, 6.45) is 1.38. The number of Topliss-reactive ketones (excluding diaryl/α,β-unsaturated/α-hetero) is 1. The van der Waals surface area contributed by atoms with Gasteiger partial charge in [-0.15, -0.1) is 0 Å². The Morgan fingerprint density at radius 3 is 2.50 bits per heavy atom. The van der Waals surface area contributed by atoms with Crippen molar-refractivity contribution in [1.82, 2.24) is 9.97 Å². The van der Waals surface area contributed by atoms with Gasteiger partial charge in [0, 0.05) is 16.6 Å². The number of aromatic amines is 1. The fourth-order valence-electron chi connectivity index (χ4n) is 3.09. The van der Waals surface area contributed by atoms with Gasteiger partial charge in [-0.05, 0) is 36.8 Å². The zero-order chi connectivity index (χ0) is 21.4. The first-order valence-corrected chi connectivity index (χ1v) is 8.98. The molecule has 0 saturated heterocycles. The van der Waals surface area contributed by atoms with E-state index in [0.717, 1.165) is 23.4 Å². The van der Waals surface area contributed by atoms with Gasteiger partial charge < -0.3 is 16.0 Å². The van der Waals surface area contributed by atoms with Gasteiger partial charge in [0.05, 0.1) is 17.6 Å². The molecule has 0 aliphatic carbocycles. The molecule has 0 fully saturated rings. The van der Waals surface area contributed by atoms with E-state index in [4.69, 9.17) is 5.73 Å². The quantitative estimate of drug-likeness (QED) is 0.342. The van der Waals surface area contributed by atoms with Crippen molar-refractivity contribution in [3.05, 3.63) is 77.5 Å². The first kappa shape index (κ1) is 19.3. The molecule has 4 aromatic rings. The van der Waals surface area contributed by atoms with Gasteiger partial charge in [-0.2, -0.15) is 0 Å². The Labute approximate surface area is 169 Å². The summed E-state index contributed by atoms with van der Waals surface area (Å²) in [6.45, 7) is 1.50. The maximum absolute atomic E-state index is 14.1. The number of ketones is 1. The van der Waals surface area contributed by atoms with E-state index in [0.29, 0.717) is 16.6 Å². The molecule has 150 valence electrons. The van der Waals surface area contributed by atoms with Crippen LogP contribution in [0.2, 0.25) is 0 Å². The van der Waals surface area contributed by atoms with Crippen LogP contribution >= 0.6 is 0 Å². The van der Waals surface area contributed by atoms with Crippen LogP contribution in [0.4, 0.5) is 20.2 Å². The van der Waals surface area contributed by atoms with Gasteiger partial charge in [0.25, 0.3) is 5.91 Å². The van der Waals surface area contributed by atoms with Crippen molar-refractivity contribution in [2.24, 2.45) is 0 Å². The van der Waals surface area contributed by atoms with Crippen molar-refractivity contribution in [3.63, 3.8) is 0 Å². The van der Waals surface area contributed by atoms with Crippen LogP contribution in [-0.2, 0) is 0 Å². The zero-order valence-corrected chi connectivity index (χ0v) is 15.8. The lowest BCUT2D eigenvalue weighted by atomic mass is 10.1. The van der Waals surface area contributed by atoms with Crippen LogP contribution in [0.15, 0.2) is 54.7 Å². The Hall–Kier alpha value is -4.07. The third-order valence-electron chi connectivity index (χ3n) is 4.68. The number of hydrogen-bond donors (Lipinski definition) is 3. The molecule has 0 unspecified atom stereocenters. The molecule has 0 saturated carbocycles. The van der Waals surface area contributed by atoms with E-state index in [9.17, 15) is 18.4 Å². The Bertz CT molecular complexity index is 1300. The van der Waals surface area contributed by atoms with Crippen molar-refractivity contribution in [2.45, 2.75) is 6.92 Å². The number of nitrogen functional groups attached to an aromatic ring is 1. The molecule has 0 radical (unpaired) electrons. The van der Waals surface area contributed by atoms with Crippen LogP contribution in [0.3, 0.4) is 0 Å². The molecule has 30 heavy (non-hydrogen) atoms. The monoisotopic (exact) mass is 406 g/mol. The second-order valence-corrected chi connectivity index (χ2v) is 6.76. The number of nitrogens with two attached hydrogens (primary N) is 1. The summed E-state index contributed by atoms with van der Waals surface area (Å²) in [5.41, 5.74) is 7.42. The molecule has 6 nitrogen and oxygen atoms in total. The number of hydrogen-bond acceptors (Lipinski definition) is 4. The molecule has 2 heterocycles. The number of carbonyl (C=O) groups is 2. The van der Waals surface area contributed by atoms with E-state index in [1.165, 1.54) is 13.1 Å². The molecule has 0 aliphatic heterocycles. The molecule has 4 rings (SSSR count). The van der Waals surface area contributed by atoms with Crippen LogP contribution in [-0.4, -0.2) is 21.7 Å². The molecule has 0 spiro atoms. The van der Waals surface area contributed by atoms with Gasteiger partial charge >= 0.3 is 0 Å². The lowest BCUT2D eigenvalue weighted by Crippen LogP contribution is -2.17. The van der Waals surface area contributed by atoms with Crippen molar-refractivity contribution in [1.29, 1.82) is 0 Å². The van der Waals surface area contributed by atoms with E-state index in [1.54, 1.807) is 18.2 Å². The van der Waals surface area contributed by atoms with E-state index in [1.807, 2.05) is 18.2 Å². The van der Waals surface area contributed by atoms with Crippen LogP contribution < -0.4 is 11.1 Å². The topological polar surface area (TPSA) is 101 Å². The predicted molar refractivity (Wildman–Crippen MR) is 110 cm³/mol. The minimum atomic E-state index is -1.11. The third kappa shape index (κ3) is 3.50. The lowest BCUT2D eigenvalue weighted by molar-refractivity contribution is 0.101. The largest absolute Gasteiger partial charge is 0.396 e. The highest BCUT2D eigenvalue weighted by Gasteiger charge is 2.20. The molecule has 4 N–H and O–H groups in total. The summed E-state index contributed by atoms with van der Waals surface area (Å²) in [6, 6.07) is 12.5. The highest BCUT2D eigenvalue weighted by atomic mass is 19.1. The Morgan fingerprint density at radius 2 is 1.80 bits per heavy atom. The number of rotatable bonds is 4. The molecule has 0 atom stereocenters. The number of nitrogens with zero attached hydrogens (tertiary/aromatic N) is 1. The number of H-pyrrole nitrogens is 1. The zero-order valence-electron chi connectivity index (χ0n) is 15.8. The summed E-state index contributed by atoms with van der Waals surface area (Å²) in [7, 11) is 0. The maximum atomic E-state index is 14.1. The van der Waals surface area contributed by atoms with Gasteiger partial charge in [0.2, 0.25) is 0 Å². The first-order valence-electron chi connectivity index (χ1n) is 8.98. The molecule has 1 amide bonds. The van der Waals surface area contributed by atoms with Gasteiger partial charge in [-0.3, -0.25) is 9.59 Å². The van der Waals surface area contributed by atoms with Crippen molar-refractivity contribution in [2.75, 3.05) is 11.1 Å². The van der Waals surface area contributed by atoms with Crippen molar-refractivity contribution < 1.29 is 18.4 Å². The number of carbonyl (C=O) groups excluding carboxylic acids is 2. The van der Waals surface area contributed by atoms with E-state index in [-0.39, 0.29) is 17.2 Å². The molecular formula is C22H16F2N4O2. The number of fused-ring (bicyclic) bond motifs is 1. The molecule has 2 aromatic heterocycles. The number of anilines is 2. The van der Waals surface area contributed by atoms with Gasteiger partial charge in [-0.1, -0.05) is 24.3 Å². The standard InChI is InChI=1S/C22H16F2N4O2/c1-11(29)12-2-4-13(5-3-12)18-9-14-8-15(10-26-21(14)28-18)27-22(30)19-16(23)6-7-17(25)20(19)24/h2-10H,25H2,1H3,(H,26,28)(H,27,30). The van der Waals surface area contributed by atoms with Crippen molar-refractivity contribution in [3.8, 4) is 11.3 Å². The maximum Gasteiger partial charge on any atom is 0.261 e. The van der Waals surface area contributed by atoms with Crippen LogP contribution in [0, 0.1) is 11.6 Å². The smallest absolute Gasteiger partial charge is 0.261 e. The Kier molecular flexibility index (Phi) is 4.75. The summed E-state index contributed by atoms with van der Waals surface area (Å²) in [4.78, 5) is 31.2. The number of aromatic nitrogens is 2. The second-order valence-electron chi connectivity index (χ2n) is 6.76. The van der Waals surface area contributed by atoms with Gasteiger partial charge in [-0.25, -0.2) is 13.8 Å². The summed E-state index contributed by atoms with van der Waals surface area (Å²) in [5, 5.41) is 3.13. The number of nitrogens with one attached hydrogen (secondary N) is 2. The lowest BCUT2D eigenvalue weighted by Gasteiger charge is -2.08. The van der Waals surface area contributed by atoms with Crippen LogP contribution in [0.25, 0.3) is 22.3 Å². The van der Waals surface area contributed by atoms with Crippen LogP contribution in [0.1, 0.15) is 27.6 Å². The summed E-state index contributed by atoms with van der Waals surface area (Å²) < 4.78 is 28.0. The van der Waals surface area contributed by atoms with E-state index < -0.39 is 23.1 Å².